The van der Waals surface area contributed by atoms with Crippen LogP contribution in [-0.2, 0) is 18.3 Å². The highest BCUT2D eigenvalue weighted by Crippen LogP contribution is 2.25. The zero-order valence-electron chi connectivity index (χ0n) is 15.5. The zero-order valence-corrected chi connectivity index (χ0v) is 15.5. The van der Waals surface area contributed by atoms with Crippen LogP contribution in [0.25, 0.3) is 10.9 Å². The van der Waals surface area contributed by atoms with Gasteiger partial charge in [0.25, 0.3) is 11.8 Å². The molecule has 140 valence electrons. The van der Waals surface area contributed by atoms with Crippen LogP contribution in [0.3, 0.4) is 0 Å². The third-order valence-corrected chi connectivity index (χ3v) is 4.92. The van der Waals surface area contributed by atoms with Crippen LogP contribution >= 0.6 is 0 Å². The van der Waals surface area contributed by atoms with Gasteiger partial charge in [-0.3, -0.25) is 4.79 Å². The standard InChI is InChI=1S/C20H22N4O3/c1-23-12-14(16-5-3-4-6-17(16)23)11-18(25)24-10-7-15(13-24)27-20-19(26-2)21-8-9-22-20/h3-6,8-9,12,15H,7,10-11,13H2,1-2H3/t15-/m0/s1. The Morgan fingerprint density at radius 1 is 1.22 bits per heavy atom. The van der Waals surface area contributed by atoms with E-state index >= 15 is 0 Å². The topological polar surface area (TPSA) is 69.5 Å². The summed E-state index contributed by atoms with van der Waals surface area (Å²) < 4.78 is 13.1. The first-order valence-electron chi connectivity index (χ1n) is 8.98. The van der Waals surface area contributed by atoms with Crippen molar-refractivity contribution in [1.82, 2.24) is 19.4 Å². The maximum Gasteiger partial charge on any atom is 0.278 e. The molecule has 1 atom stereocenters. The van der Waals surface area contributed by atoms with Crippen molar-refractivity contribution >= 4 is 16.8 Å². The molecule has 0 N–H and O–H groups in total. The number of likely N-dealkylation sites (tertiary alicyclic amines) is 1. The van der Waals surface area contributed by atoms with Gasteiger partial charge in [0.05, 0.1) is 20.1 Å². The van der Waals surface area contributed by atoms with Crippen molar-refractivity contribution in [2.24, 2.45) is 7.05 Å². The summed E-state index contributed by atoms with van der Waals surface area (Å²) in [5, 5.41) is 1.13. The van der Waals surface area contributed by atoms with Crippen molar-refractivity contribution in [2.45, 2.75) is 18.9 Å². The van der Waals surface area contributed by atoms with Crippen molar-refractivity contribution < 1.29 is 14.3 Å². The van der Waals surface area contributed by atoms with Gasteiger partial charge in [-0.25, -0.2) is 9.97 Å². The number of amides is 1. The van der Waals surface area contributed by atoms with E-state index in [1.165, 1.54) is 7.11 Å². The molecular formula is C20H22N4O3. The van der Waals surface area contributed by atoms with Crippen LogP contribution in [0, 0.1) is 0 Å². The molecule has 1 fully saturated rings. The summed E-state index contributed by atoms with van der Waals surface area (Å²) in [5.41, 5.74) is 2.19. The number of rotatable bonds is 5. The summed E-state index contributed by atoms with van der Waals surface area (Å²) in [6.07, 6.45) is 6.21. The number of aryl methyl sites for hydroxylation is 1. The number of aromatic nitrogens is 3. The van der Waals surface area contributed by atoms with Gasteiger partial charge in [0.1, 0.15) is 6.10 Å². The summed E-state index contributed by atoms with van der Waals surface area (Å²) in [5.74, 6) is 0.843. The zero-order chi connectivity index (χ0) is 18.8. The third-order valence-electron chi connectivity index (χ3n) is 4.92. The van der Waals surface area contributed by atoms with Crippen molar-refractivity contribution in [3.63, 3.8) is 0 Å². The molecule has 1 amide bonds. The largest absolute Gasteiger partial charge is 0.477 e. The third kappa shape index (κ3) is 3.45. The van der Waals surface area contributed by atoms with Crippen molar-refractivity contribution in [3.05, 3.63) is 48.4 Å². The van der Waals surface area contributed by atoms with E-state index in [1.54, 1.807) is 12.4 Å². The molecule has 0 unspecified atom stereocenters. The fourth-order valence-corrected chi connectivity index (χ4v) is 3.58. The van der Waals surface area contributed by atoms with E-state index in [0.717, 1.165) is 22.9 Å². The quantitative estimate of drug-likeness (QED) is 0.692. The van der Waals surface area contributed by atoms with Gasteiger partial charge in [-0.2, -0.15) is 0 Å². The number of ether oxygens (including phenoxy) is 2. The first-order chi connectivity index (χ1) is 13.2. The number of hydrogen-bond acceptors (Lipinski definition) is 5. The lowest BCUT2D eigenvalue weighted by molar-refractivity contribution is -0.129. The molecule has 1 aromatic carbocycles. The monoisotopic (exact) mass is 366 g/mol. The molecule has 1 aliphatic rings. The number of nitrogens with zero attached hydrogens (tertiary/aromatic N) is 4. The number of benzene rings is 1. The molecule has 0 saturated carbocycles. The molecule has 3 heterocycles. The maximum atomic E-state index is 12.8. The van der Waals surface area contributed by atoms with E-state index < -0.39 is 0 Å². The molecule has 7 nitrogen and oxygen atoms in total. The van der Waals surface area contributed by atoms with E-state index in [-0.39, 0.29) is 12.0 Å². The SMILES string of the molecule is COc1nccnc1O[C@H]1CCN(C(=O)Cc2cn(C)c3ccccc23)C1. The molecule has 1 saturated heterocycles. The van der Waals surface area contributed by atoms with Crippen LogP contribution in [0.2, 0.25) is 0 Å². The van der Waals surface area contributed by atoms with E-state index in [9.17, 15) is 4.79 Å². The van der Waals surface area contributed by atoms with Gasteiger partial charge >= 0.3 is 0 Å². The van der Waals surface area contributed by atoms with Crippen molar-refractivity contribution in [1.29, 1.82) is 0 Å². The molecule has 3 aromatic rings. The van der Waals surface area contributed by atoms with Crippen molar-refractivity contribution in [2.75, 3.05) is 20.2 Å². The van der Waals surface area contributed by atoms with Crippen LogP contribution in [0.1, 0.15) is 12.0 Å². The number of carbonyl (C=O) groups excluding carboxylic acids is 1. The van der Waals surface area contributed by atoms with Gasteiger partial charge in [-0.05, 0) is 11.6 Å². The second-order valence-electron chi connectivity index (χ2n) is 6.70. The van der Waals surface area contributed by atoms with Gasteiger partial charge in [-0.1, -0.05) is 18.2 Å². The lowest BCUT2D eigenvalue weighted by Crippen LogP contribution is -2.32. The van der Waals surface area contributed by atoms with E-state index in [2.05, 4.69) is 26.7 Å². The molecular weight excluding hydrogens is 344 g/mol. The van der Waals surface area contributed by atoms with Gasteiger partial charge < -0.3 is 18.9 Å². The Morgan fingerprint density at radius 2 is 2.00 bits per heavy atom. The van der Waals surface area contributed by atoms with Gasteiger partial charge in [0.15, 0.2) is 0 Å². The Labute approximate surface area is 157 Å². The first-order valence-corrected chi connectivity index (χ1v) is 8.98. The molecule has 7 heteroatoms. The summed E-state index contributed by atoms with van der Waals surface area (Å²) in [6, 6.07) is 8.15. The van der Waals surface area contributed by atoms with Crippen LogP contribution in [0.15, 0.2) is 42.9 Å². The fourth-order valence-electron chi connectivity index (χ4n) is 3.58. The second kappa shape index (κ2) is 7.26. The number of methoxy groups -OCH3 is 1. The Kier molecular flexibility index (Phi) is 4.66. The van der Waals surface area contributed by atoms with Crippen LogP contribution in [0.5, 0.6) is 11.8 Å². The smallest absolute Gasteiger partial charge is 0.278 e. The van der Waals surface area contributed by atoms with Crippen LogP contribution < -0.4 is 9.47 Å². The minimum absolute atomic E-state index is 0.105. The van der Waals surface area contributed by atoms with Crippen LogP contribution in [-0.4, -0.2) is 51.6 Å². The highest BCUT2D eigenvalue weighted by Gasteiger charge is 2.29. The summed E-state index contributed by atoms with van der Waals surface area (Å²) in [4.78, 5) is 22.9. The average Bonchev–Trinajstić information content (AvgIpc) is 3.28. The van der Waals surface area contributed by atoms with Crippen molar-refractivity contribution in [3.8, 4) is 11.8 Å². The number of carbonyl (C=O) groups is 1. The molecule has 0 spiro atoms. The summed E-state index contributed by atoms with van der Waals surface area (Å²) >= 11 is 0. The maximum absolute atomic E-state index is 12.8. The molecule has 4 rings (SSSR count). The Bertz CT molecular complexity index is 969. The van der Waals surface area contributed by atoms with Gasteiger partial charge in [0.2, 0.25) is 5.91 Å². The number of para-hydroxylation sites is 1. The van der Waals surface area contributed by atoms with E-state index in [0.29, 0.717) is 31.3 Å². The van der Waals surface area contributed by atoms with E-state index in [4.69, 9.17) is 9.47 Å². The Morgan fingerprint density at radius 3 is 2.81 bits per heavy atom. The highest BCUT2D eigenvalue weighted by molar-refractivity contribution is 5.89. The molecule has 1 aliphatic heterocycles. The fraction of sp³-hybridized carbons (Fsp3) is 0.350. The average molecular weight is 366 g/mol. The minimum atomic E-state index is -0.105. The molecule has 0 aliphatic carbocycles. The number of fused-ring (bicyclic) bond motifs is 1. The van der Waals surface area contributed by atoms with Gasteiger partial charge in [0, 0.05) is 49.5 Å². The second-order valence-corrected chi connectivity index (χ2v) is 6.70. The lowest BCUT2D eigenvalue weighted by atomic mass is 10.1. The number of hydrogen-bond donors (Lipinski definition) is 0. The minimum Gasteiger partial charge on any atom is -0.477 e. The Hall–Kier alpha value is -3.09. The normalized spacial score (nSPS) is 16.7. The first kappa shape index (κ1) is 17.3. The Balaban J connectivity index is 1.42. The van der Waals surface area contributed by atoms with Crippen LogP contribution in [0.4, 0.5) is 0 Å². The summed E-state index contributed by atoms with van der Waals surface area (Å²) in [6.45, 7) is 1.22. The molecule has 0 bridgehead atoms. The molecule has 27 heavy (non-hydrogen) atoms. The predicted octanol–water partition coefficient (Wildman–Crippen LogP) is 2.20. The lowest BCUT2D eigenvalue weighted by Gasteiger charge is -2.17. The predicted molar refractivity (Wildman–Crippen MR) is 101 cm³/mol. The highest BCUT2D eigenvalue weighted by atomic mass is 16.5. The van der Waals surface area contributed by atoms with Gasteiger partial charge in [-0.15, -0.1) is 0 Å². The molecule has 0 radical (unpaired) electrons. The molecule has 2 aromatic heterocycles. The summed E-state index contributed by atoms with van der Waals surface area (Å²) in [7, 11) is 3.54. The van der Waals surface area contributed by atoms with E-state index in [1.807, 2.05) is 30.3 Å².